The minimum atomic E-state index is -0.633. The Bertz CT molecular complexity index is 408. The highest BCUT2D eigenvalue weighted by Crippen LogP contribution is 2.07. The number of ether oxygens (including phenoxy) is 1. The van der Waals surface area contributed by atoms with Gasteiger partial charge in [-0.15, -0.1) is 0 Å². The normalized spacial score (nSPS) is 12.2. The lowest BCUT2D eigenvalue weighted by atomic mass is 10.1. The Morgan fingerprint density at radius 1 is 1.60 bits per heavy atom. The van der Waals surface area contributed by atoms with E-state index in [1.54, 1.807) is 6.92 Å². The first-order valence-electron chi connectivity index (χ1n) is 4.53. The number of methoxy groups -OCH3 is 1. The summed E-state index contributed by atoms with van der Waals surface area (Å²) in [7, 11) is 1.26. The Labute approximate surface area is 86.7 Å². The molecule has 0 fully saturated rings. The smallest absolute Gasteiger partial charge is 0.339 e. The lowest BCUT2D eigenvalue weighted by Gasteiger charge is -2.08. The van der Waals surface area contributed by atoms with Crippen molar-refractivity contribution in [3.05, 3.63) is 33.7 Å². The van der Waals surface area contributed by atoms with Crippen LogP contribution in [-0.2, 0) is 11.2 Å². The van der Waals surface area contributed by atoms with Crippen molar-refractivity contribution in [2.45, 2.75) is 19.4 Å². The van der Waals surface area contributed by atoms with Gasteiger partial charge in [0.1, 0.15) is 0 Å². The van der Waals surface area contributed by atoms with Crippen molar-refractivity contribution in [3.63, 3.8) is 0 Å². The lowest BCUT2D eigenvalue weighted by molar-refractivity contribution is 0.0598. The van der Waals surface area contributed by atoms with Crippen LogP contribution in [0.25, 0.3) is 0 Å². The van der Waals surface area contributed by atoms with Crippen LogP contribution in [0, 0.1) is 0 Å². The standard InChI is InChI=1S/C10H13NO4/c1-6(12)5-8-7(10(14)15-2)3-4-9(13)11-8/h3-4,6,12H,5H2,1-2H3,(H,11,13)/t6-/m1/s1. The van der Waals surface area contributed by atoms with Gasteiger partial charge in [0.2, 0.25) is 5.56 Å². The molecule has 0 aliphatic carbocycles. The van der Waals surface area contributed by atoms with E-state index in [4.69, 9.17) is 0 Å². The number of hydrogen-bond acceptors (Lipinski definition) is 4. The fraction of sp³-hybridized carbons (Fsp3) is 0.400. The maximum absolute atomic E-state index is 11.3. The number of aromatic amines is 1. The number of carbonyl (C=O) groups excluding carboxylic acids is 1. The van der Waals surface area contributed by atoms with Crippen LogP contribution in [0.15, 0.2) is 16.9 Å². The Morgan fingerprint density at radius 3 is 2.80 bits per heavy atom. The molecule has 15 heavy (non-hydrogen) atoms. The highest BCUT2D eigenvalue weighted by atomic mass is 16.5. The molecule has 1 rings (SSSR count). The van der Waals surface area contributed by atoms with Crippen molar-refractivity contribution in [3.8, 4) is 0 Å². The maximum atomic E-state index is 11.3. The summed E-state index contributed by atoms with van der Waals surface area (Å²) in [5.74, 6) is -0.526. The average Bonchev–Trinajstić information content (AvgIpc) is 2.16. The van der Waals surface area contributed by atoms with Crippen LogP contribution in [0.4, 0.5) is 0 Å². The minimum Gasteiger partial charge on any atom is -0.465 e. The van der Waals surface area contributed by atoms with Gasteiger partial charge in [0.05, 0.1) is 18.8 Å². The van der Waals surface area contributed by atoms with Crippen LogP contribution in [-0.4, -0.2) is 29.3 Å². The Balaban J connectivity index is 3.14. The molecule has 82 valence electrons. The summed E-state index contributed by atoms with van der Waals surface area (Å²) in [6.07, 6.45) is -0.424. The minimum absolute atomic E-state index is 0.209. The summed E-state index contributed by atoms with van der Waals surface area (Å²) in [5, 5.41) is 9.20. The van der Waals surface area contributed by atoms with Crippen LogP contribution >= 0.6 is 0 Å². The predicted molar refractivity (Wildman–Crippen MR) is 53.8 cm³/mol. The third kappa shape index (κ3) is 2.92. The molecule has 0 aromatic carbocycles. The molecule has 5 nitrogen and oxygen atoms in total. The van der Waals surface area contributed by atoms with Crippen LogP contribution in [0.1, 0.15) is 23.0 Å². The molecule has 0 bridgehead atoms. The molecular weight excluding hydrogens is 198 g/mol. The van der Waals surface area contributed by atoms with E-state index in [0.29, 0.717) is 5.69 Å². The first-order valence-corrected chi connectivity index (χ1v) is 4.53. The van der Waals surface area contributed by atoms with Crippen molar-refractivity contribution in [2.24, 2.45) is 0 Å². The summed E-state index contributed by atoms with van der Waals surface area (Å²) in [6, 6.07) is 2.64. The van der Waals surface area contributed by atoms with Crippen molar-refractivity contribution >= 4 is 5.97 Å². The largest absolute Gasteiger partial charge is 0.465 e. The highest BCUT2D eigenvalue weighted by Gasteiger charge is 2.13. The summed E-state index contributed by atoms with van der Waals surface area (Å²) >= 11 is 0. The maximum Gasteiger partial charge on any atom is 0.339 e. The monoisotopic (exact) mass is 211 g/mol. The third-order valence-corrected chi connectivity index (χ3v) is 1.91. The van der Waals surface area contributed by atoms with Crippen molar-refractivity contribution in [1.82, 2.24) is 4.98 Å². The quantitative estimate of drug-likeness (QED) is 0.694. The summed E-state index contributed by atoms with van der Waals surface area (Å²) < 4.78 is 4.56. The number of nitrogens with one attached hydrogen (secondary N) is 1. The molecule has 0 aliphatic heterocycles. The summed E-state index contributed by atoms with van der Waals surface area (Å²) in [5.41, 5.74) is 0.362. The van der Waals surface area contributed by atoms with Gasteiger partial charge in [0.25, 0.3) is 0 Å². The van der Waals surface area contributed by atoms with E-state index >= 15 is 0 Å². The number of esters is 1. The second-order valence-corrected chi connectivity index (χ2v) is 3.26. The molecule has 1 atom stereocenters. The van der Waals surface area contributed by atoms with E-state index < -0.39 is 12.1 Å². The first-order chi connectivity index (χ1) is 7.04. The Morgan fingerprint density at radius 2 is 2.27 bits per heavy atom. The van der Waals surface area contributed by atoms with Crippen LogP contribution in [0.3, 0.4) is 0 Å². The summed E-state index contributed by atoms with van der Waals surface area (Å²) in [4.78, 5) is 24.9. The number of aromatic nitrogens is 1. The zero-order chi connectivity index (χ0) is 11.4. The molecule has 0 aliphatic rings. The first kappa shape index (κ1) is 11.5. The highest BCUT2D eigenvalue weighted by molar-refractivity contribution is 5.90. The molecule has 1 aromatic rings. The van der Waals surface area contributed by atoms with E-state index in [1.165, 1.54) is 19.2 Å². The van der Waals surface area contributed by atoms with E-state index in [-0.39, 0.29) is 17.5 Å². The molecule has 0 radical (unpaired) electrons. The van der Waals surface area contributed by atoms with E-state index in [0.717, 1.165) is 0 Å². The van der Waals surface area contributed by atoms with Gasteiger partial charge in [-0.2, -0.15) is 0 Å². The van der Waals surface area contributed by atoms with Crippen molar-refractivity contribution < 1.29 is 14.6 Å². The number of carbonyl (C=O) groups is 1. The van der Waals surface area contributed by atoms with Gasteiger partial charge in [-0.3, -0.25) is 4.79 Å². The van der Waals surface area contributed by atoms with Gasteiger partial charge >= 0.3 is 5.97 Å². The van der Waals surface area contributed by atoms with E-state index in [1.807, 2.05) is 0 Å². The molecule has 5 heteroatoms. The van der Waals surface area contributed by atoms with Gasteiger partial charge in [0.15, 0.2) is 0 Å². The number of rotatable bonds is 3. The fourth-order valence-corrected chi connectivity index (χ4v) is 1.27. The van der Waals surface area contributed by atoms with Gasteiger partial charge in [0, 0.05) is 18.2 Å². The zero-order valence-electron chi connectivity index (χ0n) is 8.61. The fourth-order valence-electron chi connectivity index (χ4n) is 1.27. The van der Waals surface area contributed by atoms with Crippen molar-refractivity contribution in [2.75, 3.05) is 7.11 Å². The number of hydrogen-bond donors (Lipinski definition) is 2. The molecule has 1 aromatic heterocycles. The molecule has 0 unspecified atom stereocenters. The van der Waals surface area contributed by atoms with Crippen LogP contribution in [0.2, 0.25) is 0 Å². The van der Waals surface area contributed by atoms with Gasteiger partial charge in [-0.25, -0.2) is 4.79 Å². The molecule has 1 heterocycles. The second kappa shape index (κ2) is 4.75. The molecule has 0 saturated carbocycles. The van der Waals surface area contributed by atoms with Gasteiger partial charge < -0.3 is 14.8 Å². The molecule has 0 amide bonds. The van der Waals surface area contributed by atoms with E-state index in [9.17, 15) is 14.7 Å². The van der Waals surface area contributed by atoms with E-state index in [2.05, 4.69) is 9.72 Å². The number of aliphatic hydroxyl groups is 1. The van der Waals surface area contributed by atoms with Crippen molar-refractivity contribution in [1.29, 1.82) is 0 Å². The Hall–Kier alpha value is -1.62. The summed E-state index contributed by atoms with van der Waals surface area (Å²) in [6.45, 7) is 1.58. The van der Waals surface area contributed by atoms with Crippen LogP contribution < -0.4 is 5.56 Å². The molecule has 2 N–H and O–H groups in total. The molecule has 0 saturated heterocycles. The average molecular weight is 211 g/mol. The topological polar surface area (TPSA) is 79.4 Å². The SMILES string of the molecule is COC(=O)c1ccc(=O)[nH]c1C[C@@H](C)O. The van der Waals surface area contributed by atoms with Gasteiger partial charge in [-0.1, -0.05) is 0 Å². The Kier molecular flexibility index (Phi) is 3.62. The number of H-pyrrole nitrogens is 1. The number of aliphatic hydroxyl groups excluding tert-OH is 1. The second-order valence-electron chi connectivity index (χ2n) is 3.26. The lowest BCUT2D eigenvalue weighted by Crippen LogP contribution is -2.18. The van der Waals surface area contributed by atoms with Crippen LogP contribution in [0.5, 0.6) is 0 Å². The predicted octanol–water partition coefficient (Wildman–Crippen LogP) is 0.0848. The number of pyridine rings is 1. The third-order valence-electron chi connectivity index (χ3n) is 1.91. The molecular formula is C10H13NO4. The van der Waals surface area contributed by atoms with Gasteiger partial charge in [-0.05, 0) is 13.0 Å². The molecule has 0 spiro atoms. The zero-order valence-corrected chi connectivity index (χ0v) is 8.61.